The summed E-state index contributed by atoms with van der Waals surface area (Å²) < 4.78 is 16.1. The van der Waals surface area contributed by atoms with Gasteiger partial charge in [0.25, 0.3) is 5.91 Å². The van der Waals surface area contributed by atoms with Crippen molar-refractivity contribution in [2.45, 2.75) is 6.92 Å². The molecule has 0 bridgehead atoms. The minimum absolute atomic E-state index is 0.322. The molecule has 2 rings (SSSR count). The van der Waals surface area contributed by atoms with E-state index in [0.29, 0.717) is 41.6 Å². The maximum Gasteiger partial charge on any atom is 0.271 e. The molecule has 0 aliphatic heterocycles. The summed E-state index contributed by atoms with van der Waals surface area (Å²) >= 11 is 0. The van der Waals surface area contributed by atoms with Crippen molar-refractivity contribution in [3.05, 3.63) is 66.2 Å². The van der Waals surface area contributed by atoms with Crippen molar-refractivity contribution in [3.63, 3.8) is 0 Å². The van der Waals surface area contributed by atoms with Gasteiger partial charge in [-0.05, 0) is 49.4 Å². The van der Waals surface area contributed by atoms with Gasteiger partial charge in [-0.25, -0.2) is 5.43 Å². The second kappa shape index (κ2) is 9.88. The standard InChI is InChI=1S/C20H22N2O4/c1-4-12-26-17-8-6-15(7-9-17)20(23)22-21-14-16-13-18(24-3)10-11-19(16)25-5-2/h4,6-11,13-14H,1,5,12H2,2-3H3,(H,22,23)/b21-14+. The van der Waals surface area contributed by atoms with E-state index in [1.54, 1.807) is 55.7 Å². The van der Waals surface area contributed by atoms with Crippen LogP contribution >= 0.6 is 0 Å². The first-order valence-corrected chi connectivity index (χ1v) is 8.16. The molecule has 0 saturated carbocycles. The van der Waals surface area contributed by atoms with E-state index >= 15 is 0 Å². The number of hydrogen-bond acceptors (Lipinski definition) is 5. The lowest BCUT2D eigenvalue weighted by Gasteiger charge is -2.08. The summed E-state index contributed by atoms with van der Waals surface area (Å²) in [5.74, 6) is 1.69. The molecule has 0 heterocycles. The molecule has 0 aromatic heterocycles. The number of methoxy groups -OCH3 is 1. The molecule has 0 atom stereocenters. The molecule has 0 spiro atoms. The van der Waals surface area contributed by atoms with Gasteiger partial charge in [0.05, 0.1) is 19.9 Å². The molecular weight excluding hydrogens is 332 g/mol. The molecule has 2 aromatic rings. The molecule has 136 valence electrons. The Morgan fingerprint density at radius 3 is 2.54 bits per heavy atom. The monoisotopic (exact) mass is 354 g/mol. The van der Waals surface area contributed by atoms with Crippen LogP contribution in [-0.2, 0) is 0 Å². The van der Waals surface area contributed by atoms with Crippen LogP contribution in [0.4, 0.5) is 0 Å². The van der Waals surface area contributed by atoms with E-state index < -0.39 is 0 Å². The highest BCUT2D eigenvalue weighted by Gasteiger charge is 2.06. The molecule has 0 fully saturated rings. The number of hydrogen-bond donors (Lipinski definition) is 1. The molecule has 0 aliphatic rings. The third-order valence-corrected chi connectivity index (χ3v) is 3.37. The van der Waals surface area contributed by atoms with Crippen molar-refractivity contribution in [2.75, 3.05) is 20.3 Å². The first kappa shape index (κ1) is 19.1. The summed E-state index contributed by atoms with van der Waals surface area (Å²) in [7, 11) is 1.58. The van der Waals surface area contributed by atoms with Gasteiger partial charge in [0.2, 0.25) is 0 Å². The zero-order valence-electron chi connectivity index (χ0n) is 14.9. The fourth-order valence-electron chi connectivity index (χ4n) is 2.12. The predicted molar refractivity (Wildman–Crippen MR) is 101 cm³/mol. The lowest BCUT2D eigenvalue weighted by Crippen LogP contribution is -2.17. The Hall–Kier alpha value is -3.28. The average molecular weight is 354 g/mol. The Kier molecular flexibility index (Phi) is 7.24. The predicted octanol–water partition coefficient (Wildman–Crippen LogP) is 3.42. The molecule has 1 N–H and O–H groups in total. The number of hydrazone groups is 1. The number of carbonyl (C=O) groups is 1. The second-order valence-electron chi connectivity index (χ2n) is 5.16. The third kappa shape index (κ3) is 5.37. The topological polar surface area (TPSA) is 69.2 Å². The first-order valence-electron chi connectivity index (χ1n) is 8.16. The molecule has 0 unspecified atom stereocenters. The van der Waals surface area contributed by atoms with Gasteiger partial charge in [-0.1, -0.05) is 12.7 Å². The number of benzene rings is 2. The number of ether oxygens (including phenoxy) is 3. The van der Waals surface area contributed by atoms with Crippen molar-refractivity contribution in [3.8, 4) is 17.2 Å². The van der Waals surface area contributed by atoms with Crippen LogP contribution in [-0.4, -0.2) is 32.4 Å². The third-order valence-electron chi connectivity index (χ3n) is 3.37. The highest BCUT2D eigenvalue weighted by atomic mass is 16.5. The van der Waals surface area contributed by atoms with Crippen LogP contribution in [0.15, 0.2) is 60.2 Å². The molecule has 0 saturated heterocycles. The van der Waals surface area contributed by atoms with E-state index in [9.17, 15) is 4.79 Å². The van der Waals surface area contributed by atoms with Gasteiger partial charge in [-0.3, -0.25) is 4.79 Å². The molecule has 1 amide bonds. The van der Waals surface area contributed by atoms with Gasteiger partial charge in [0.15, 0.2) is 0 Å². The fraction of sp³-hybridized carbons (Fsp3) is 0.200. The number of carbonyl (C=O) groups excluding carboxylic acids is 1. The molecule has 0 aliphatic carbocycles. The van der Waals surface area contributed by atoms with Gasteiger partial charge in [0.1, 0.15) is 23.9 Å². The summed E-state index contributed by atoms with van der Waals surface area (Å²) in [6.07, 6.45) is 3.18. The molecular formula is C20H22N2O4. The van der Waals surface area contributed by atoms with Gasteiger partial charge in [-0.15, -0.1) is 0 Å². The van der Waals surface area contributed by atoms with Crippen LogP contribution in [0.1, 0.15) is 22.8 Å². The molecule has 26 heavy (non-hydrogen) atoms. The summed E-state index contributed by atoms with van der Waals surface area (Å²) in [6.45, 7) is 6.43. The van der Waals surface area contributed by atoms with E-state index in [1.165, 1.54) is 6.21 Å². The second-order valence-corrected chi connectivity index (χ2v) is 5.16. The lowest BCUT2D eigenvalue weighted by molar-refractivity contribution is 0.0955. The molecule has 6 heteroatoms. The van der Waals surface area contributed by atoms with Gasteiger partial charge in [-0.2, -0.15) is 5.10 Å². The van der Waals surface area contributed by atoms with E-state index in [4.69, 9.17) is 14.2 Å². The minimum Gasteiger partial charge on any atom is -0.497 e. The summed E-state index contributed by atoms with van der Waals surface area (Å²) in [6, 6.07) is 12.2. The SMILES string of the molecule is C=CCOc1ccc(C(=O)N/N=C/c2cc(OC)ccc2OCC)cc1. The maximum atomic E-state index is 12.2. The van der Waals surface area contributed by atoms with Crippen LogP contribution in [0, 0.1) is 0 Å². The van der Waals surface area contributed by atoms with E-state index in [1.807, 2.05) is 6.92 Å². The quantitative estimate of drug-likeness (QED) is 0.426. The molecule has 2 aromatic carbocycles. The van der Waals surface area contributed by atoms with Crippen LogP contribution in [0.25, 0.3) is 0 Å². The lowest BCUT2D eigenvalue weighted by atomic mass is 10.2. The Balaban J connectivity index is 2.03. The van der Waals surface area contributed by atoms with Crippen LogP contribution in [0.3, 0.4) is 0 Å². The van der Waals surface area contributed by atoms with Crippen molar-refractivity contribution < 1.29 is 19.0 Å². The molecule has 0 radical (unpaired) electrons. The van der Waals surface area contributed by atoms with Crippen molar-refractivity contribution in [2.24, 2.45) is 5.10 Å². The van der Waals surface area contributed by atoms with Crippen molar-refractivity contribution in [1.29, 1.82) is 0 Å². The highest BCUT2D eigenvalue weighted by molar-refractivity contribution is 5.95. The average Bonchev–Trinajstić information content (AvgIpc) is 2.68. The van der Waals surface area contributed by atoms with Crippen LogP contribution in [0.2, 0.25) is 0 Å². The van der Waals surface area contributed by atoms with Crippen LogP contribution < -0.4 is 19.6 Å². The van der Waals surface area contributed by atoms with E-state index in [-0.39, 0.29) is 5.91 Å². The first-order chi connectivity index (χ1) is 12.7. The Morgan fingerprint density at radius 1 is 1.15 bits per heavy atom. The Bertz CT molecular complexity index is 770. The Morgan fingerprint density at radius 2 is 1.88 bits per heavy atom. The fourth-order valence-corrected chi connectivity index (χ4v) is 2.12. The zero-order valence-corrected chi connectivity index (χ0v) is 14.9. The number of nitrogens with zero attached hydrogens (tertiary/aromatic N) is 1. The number of nitrogens with one attached hydrogen (secondary N) is 1. The highest BCUT2D eigenvalue weighted by Crippen LogP contribution is 2.22. The molecule has 6 nitrogen and oxygen atoms in total. The van der Waals surface area contributed by atoms with E-state index in [0.717, 1.165) is 0 Å². The van der Waals surface area contributed by atoms with Gasteiger partial charge in [0, 0.05) is 11.1 Å². The van der Waals surface area contributed by atoms with Gasteiger partial charge < -0.3 is 14.2 Å². The number of amides is 1. The summed E-state index contributed by atoms with van der Waals surface area (Å²) in [5, 5.41) is 4.00. The zero-order chi connectivity index (χ0) is 18.8. The maximum absolute atomic E-state index is 12.2. The van der Waals surface area contributed by atoms with Crippen molar-refractivity contribution >= 4 is 12.1 Å². The largest absolute Gasteiger partial charge is 0.497 e. The van der Waals surface area contributed by atoms with Gasteiger partial charge >= 0.3 is 0 Å². The summed E-state index contributed by atoms with van der Waals surface area (Å²) in [4.78, 5) is 12.2. The van der Waals surface area contributed by atoms with Crippen LogP contribution in [0.5, 0.6) is 17.2 Å². The number of rotatable bonds is 9. The Labute approximate surface area is 153 Å². The van der Waals surface area contributed by atoms with Crippen molar-refractivity contribution in [1.82, 2.24) is 5.43 Å². The minimum atomic E-state index is -0.322. The normalized spacial score (nSPS) is 10.4. The smallest absolute Gasteiger partial charge is 0.271 e. The summed E-state index contributed by atoms with van der Waals surface area (Å²) in [5.41, 5.74) is 3.68. The van der Waals surface area contributed by atoms with E-state index in [2.05, 4.69) is 17.1 Å².